The molecule has 0 bridgehead atoms. The molecule has 10 heteroatoms. The van der Waals surface area contributed by atoms with Crippen LogP contribution in [0.15, 0.2) is 23.7 Å². The molecular formula is C15H14ClN3O5S. The zero-order valence-electron chi connectivity index (χ0n) is 13.2. The Morgan fingerprint density at radius 2 is 2.12 bits per heavy atom. The van der Waals surface area contributed by atoms with Gasteiger partial charge in [-0.15, -0.1) is 11.3 Å². The highest BCUT2D eigenvalue weighted by Gasteiger charge is 2.15. The summed E-state index contributed by atoms with van der Waals surface area (Å²) in [6.07, 6.45) is 1.46. The Hall–Kier alpha value is -2.52. The summed E-state index contributed by atoms with van der Waals surface area (Å²) in [6, 6.07) is 2.97. The molecule has 2 rings (SSSR count). The highest BCUT2D eigenvalue weighted by atomic mass is 35.5. The van der Waals surface area contributed by atoms with E-state index >= 15 is 0 Å². The summed E-state index contributed by atoms with van der Waals surface area (Å²) < 4.78 is 9.69. The topological polar surface area (TPSA) is 107 Å². The van der Waals surface area contributed by atoms with E-state index in [1.807, 2.05) is 0 Å². The molecule has 0 radical (unpaired) electrons. The number of nitrogens with zero attached hydrogens (tertiary/aromatic N) is 2. The van der Waals surface area contributed by atoms with Gasteiger partial charge in [0, 0.05) is 11.6 Å². The van der Waals surface area contributed by atoms with Gasteiger partial charge in [0.2, 0.25) is 0 Å². The first-order chi connectivity index (χ1) is 12.0. The third kappa shape index (κ3) is 5.80. The fraction of sp³-hybridized carbons (Fsp3) is 0.267. The van der Waals surface area contributed by atoms with Crippen molar-refractivity contribution in [3.63, 3.8) is 0 Å². The lowest BCUT2D eigenvalue weighted by Gasteiger charge is -2.05. The second kappa shape index (κ2) is 9.09. The molecule has 0 aliphatic rings. The molecule has 8 nitrogen and oxygen atoms in total. The molecule has 0 atom stereocenters. The van der Waals surface area contributed by atoms with Crippen molar-refractivity contribution in [1.82, 2.24) is 9.97 Å². The van der Waals surface area contributed by atoms with Crippen LogP contribution in [0.2, 0.25) is 5.15 Å². The Bertz CT molecular complexity index is 780. The largest absolute Gasteiger partial charge is 0.466 e. The Morgan fingerprint density at radius 3 is 2.84 bits per heavy atom. The van der Waals surface area contributed by atoms with Crippen molar-refractivity contribution in [2.75, 3.05) is 18.5 Å². The third-order valence-corrected chi connectivity index (χ3v) is 3.85. The number of halogens is 1. The number of anilines is 1. The van der Waals surface area contributed by atoms with Gasteiger partial charge < -0.3 is 9.47 Å². The zero-order valence-corrected chi connectivity index (χ0v) is 14.7. The molecule has 132 valence electrons. The Morgan fingerprint density at radius 1 is 1.32 bits per heavy atom. The van der Waals surface area contributed by atoms with Crippen molar-refractivity contribution in [3.8, 4) is 0 Å². The van der Waals surface area contributed by atoms with Gasteiger partial charge in [0.25, 0.3) is 5.91 Å². The van der Waals surface area contributed by atoms with Crippen LogP contribution in [0.4, 0.5) is 5.13 Å². The maximum Gasteiger partial charge on any atom is 0.341 e. The van der Waals surface area contributed by atoms with Crippen molar-refractivity contribution in [1.29, 1.82) is 0 Å². The number of ether oxygens (including phenoxy) is 2. The number of hydrogen-bond donors (Lipinski definition) is 1. The van der Waals surface area contributed by atoms with Crippen molar-refractivity contribution in [2.45, 2.75) is 13.3 Å². The van der Waals surface area contributed by atoms with Gasteiger partial charge in [0.1, 0.15) is 5.15 Å². The summed E-state index contributed by atoms with van der Waals surface area (Å²) in [5, 5.41) is 4.40. The van der Waals surface area contributed by atoms with E-state index in [0.717, 1.165) is 11.3 Å². The van der Waals surface area contributed by atoms with E-state index in [1.165, 1.54) is 18.3 Å². The summed E-state index contributed by atoms with van der Waals surface area (Å²) in [4.78, 5) is 42.8. The molecule has 0 fully saturated rings. The fourth-order valence-electron chi connectivity index (χ4n) is 1.71. The quantitative estimate of drug-likeness (QED) is 0.576. The maximum atomic E-state index is 11.8. The minimum Gasteiger partial charge on any atom is -0.466 e. The molecule has 0 aromatic carbocycles. The molecule has 0 unspecified atom stereocenters. The van der Waals surface area contributed by atoms with E-state index in [9.17, 15) is 14.4 Å². The van der Waals surface area contributed by atoms with Crippen LogP contribution in [0.25, 0.3) is 0 Å². The van der Waals surface area contributed by atoms with Gasteiger partial charge in [-0.05, 0) is 19.1 Å². The number of nitrogens with one attached hydrogen (secondary N) is 1. The van der Waals surface area contributed by atoms with Crippen LogP contribution in [0.5, 0.6) is 0 Å². The van der Waals surface area contributed by atoms with Crippen molar-refractivity contribution in [2.24, 2.45) is 0 Å². The van der Waals surface area contributed by atoms with E-state index in [0.29, 0.717) is 17.4 Å². The van der Waals surface area contributed by atoms with Crippen LogP contribution in [0.3, 0.4) is 0 Å². The SMILES string of the molecule is CCOC(=O)Cc1csc(NC(=O)COC(=O)c2cccnc2Cl)n1. The first-order valence-corrected chi connectivity index (χ1v) is 8.43. The second-order valence-electron chi connectivity index (χ2n) is 4.59. The van der Waals surface area contributed by atoms with E-state index in [-0.39, 0.29) is 17.1 Å². The summed E-state index contributed by atoms with van der Waals surface area (Å²) >= 11 is 6.92. The molecule has 0 spiro atoms. The minimum absolute atomic E-state index is 0.00330. The number of pyridine rings is 1. The lowest BCUT2D eigenvalue weighted by molar-refractivity contribution is -0.142. The summed E-state index contributed by atoms with van der Waals surface area (Å²) in [6.45, 7) is 1.50. The van der Waals surface area contributed by atoms with Crippen molar-refractivity contribution >= 4 is 45.9 Å². The number of aromatic nitrogens is 2. The van der Waals surface area contributed by atoms with Gasteiger partial charge in [0.05, 0.1) is 24.3 Å². The van der Waals surface area contributed by atoms with Gasteiger partial charge in [-0.2, -0.15) is 0 Å². The average Bonchev–Trinajstić information content (AvgIpc) is 3.00. The Kier molecular flexibility index (Phi) is 6.84. The predicted octanol–water partition coefficient (Wildman–Crippen LogP) is 2.09. The molecule has 0 saturated heterocycles. The highest BCUT2D eigenvalue weighted by molar-refractivity contribution is 7.13. The summed E-state index contributed by atoms with van der Waals surface area (Å²) in [5.41, 5.74) is 0.556. The van der Waals surface area contributed by atoms with E-state index in [1.54, 1.807) is 12.3 Å². The van der Waals surface area contributed by atoms with Gasteiger partial charge in [-0.1, -0.05) is 11.6 Å². The number of esters is 2. The number of carbonyl (C=O) groups is 3. The number of rotatable bonds is 7. The molecule has 25 heavy (non-hydrogen) atoms. The standard InChI is InChI=1S/C15H14ClN3O5S/c1-2-23-12(21)6-9-8-25-15(18-9)19-11(20)7-24-14(22)10-4-3-5-17-13(10)16/h3-5,8H,2,6-7H2,1H3,(H,18,19,20). The van der Waals surface area contributed by atoms with Crippen LogP contribution >= 0.6 is 22.9 Å². The number of thiazole rings is 1. The predicted molar refractivity (Wildman–Crippen MR) is 90.6 cm³/mol. The highest BCUT2D eigenvalue weighted by Crippen LogP contribution is 2.16. The molecule has 1 amide bonds. The second-order valence-corrected chi connectivity index (χ2v) is 5.81. The van der Waals surface area contributed by atoms with E-state index in [2.05, 4.69) is 15.3 Å². The third-order valence-electron chi connectivity index (χ3n) is 2.74. The monoisotopic (exact) mass is 383 g/mol. The normalized spacial score (nSPS) is 10.2. The van der Waals surface area contributed by atoms with Crippen molar-refractivity contribution < 1.29 is 23.9 Å². The molecule has 1 N–H and O–H groups in total. The van der Waals surface area contributed by atoms with E-state index in [4.69, 9.17) is 21.1 Å². The molecule has 2 aromatic heterocycles. The van der Waals surface area contributed by atoms with Gasteiger partial charge in [-0.25, -0.2) is 14.8 Å². The maximum absolute atomic E-state index is 11.8. The molecule has 2 aromatic rings. The number of carbonyl (C=O) groups excluding carboxylic acids is 3. The van der Waals surface area contributed by atoms with Crippen LogP contribution in [0, 0.1) is 0 Å². The first-order valence-electron chi connectivity index (χ1n) is 7.17. The smallest absolute Gasteiger partial charge is 0.341 e. The van der Waals surface area contributed by atoms with Crippen LogP contribution in [-0.4, -0.2) is 41.0 Å². The van der Waals surface area contributed by atoms with Crippen LogP contribution < -0.4 is 5.32 Å². The molecular weight excluding hydrogens is 370 g/mol. The molecule has 0 aliphatic heterocycles. The number of hydrogen-bond acceptors (Lipinski definition) is 8. The lowest BCUT2D eigenvalue weighted by atomic mass is 10.3. The Labute approximate surface area is 152 Å². The fourth-order valence-corrected chi connectivity index (χ4v) is 2.63. The van der Waals surface area contributed by atoms with Crippen molar-refractivity contribution in [3.05, 3.63) is 40.1 Å². The van der Waals surface area contributed by atoms with Gasteiger partial charge >= 0.3 is 11.9 Å². The van der Waals surface area contributed by atoms with Gasteiger partial charge in [-0.3, -0.25) is 14.9 Å². The molecule has 0 aliphatic carbocycles. The zero-order chi connectivity index (χ0) is 18.2. The van der Waals surface area contributed by atoms with Crippen LogP contribution in [-0.2, 0) is 25.5 Å². The lowest BCUT2D eigenvalue weighted by Crippen LogP contribution is -2.21. The Balaban J connectivity index is 1.82. The summed E-state index contributed by atoms with van der Waals surface area (Å²) in [7, 11) is 0. The number of amides is 1. The molecule has 2 heterocycles. The first kappa shape index (κ1) is 18.8. The average molecular weight is 384 g/mol. The summed E-state index contributed by atoms with van der Waals surface area (Å²) in [5.74, 6) is -1.71. The van der Waals surface area contributed by atoms with Crippen LogP contribution in [0.1, 0.15) is 23.0 Å². The minimum atomic E-state index is -0.754. The molecule has 0 saturated carbocycles. The van der Waals surface area contributed by atoms with E-state index < -0.39 is 24.5 Å². The van der Waals surface area contributed by atoms with Gasteiger partial charge in [0.15, 0.2) is 11.7 Å².